The molecule has 0 aromatic rings. The number of hydrogen-bond acceptors (Lipinski definition) is 14. The highest BCUT2D eigenvalue weighted by molar-refractivity contribution is 7.47. The Hall–Kier alpha value is -3.38. The molecule has 0 saturated heterocycles. The van der Waals surface area contributed by atoms with Crippen LogP contribution < -0.4 is 0 Å². The van der Waals surface area contributed by atoms with E-state index in [1.54, 1.807) is 6.08 Å². The van der Waals surface area contributed by atoms with Gasteiger partial charge in [0.25, 0.3) is 0 Å². The van der Waals surface area contributed by atoms with E-state index in [9.17, 15) is 58.9 Å². The van der Waals surface area contributed by atoms with Crippen LogP contribution in [0.1, 0.15) is 136 Å². The minimum atomic E-state index is -5.39. The first-order valence-corrected chi connectivity index (χ1v) is 27.6. The molecule has 0 aromatic carbocycles. The Morgan fingerprint density at radius 1 is 0.529 bits per heavy atom. The standard InChI is InChI=1S/C51H82O17P2/c1-3-5-6-7-8-9-10-11-12-13-14-15-16-21-24-27-30-33-36-39-45(54)66-43(41-65-70(62,63)68-51-48(57)46(55)47(56)50(49(51)58)67-69(59,60)61)40-64-44(53)38-35-32-29-26-23-20-18-17-19-22-25-28-31-34-37-42(52)4-2/h8-9,11-12,14-15,18-22,24,26,28-29,31,34,37,42-43,46-52,55-58H,3-7,10,13,16-17,23,25,27,30,32-33,35-36,38-41H2,1-2H3,(H,62,63)(H2,59,60,61)/b9-8-,12-11-,15-14-,20-18-,22-19-,24-21-,29-26-,31-28-,37-34+/t42-,43+,46?,47?,48?,49?,50+,51-/m0/s1. The molecule has 19 heteroatoms. The maximum atomic E-state index is 13.0. The van der Waals surface area contributed by atoms with Crippen molar-refractivity contribution in [3.8, 4) is 0 Å². The van der Waals surface area contributed by atoms with Gasteiger partial charge in [-0.2, -0.15) is 0 Å². The molecule has 5 unspecified atom stereocenters. The SMILES string of the molecule is CCCCC/C=C\C/C=C\C/C=C\C/C=C\CCCCCC(=O)O[C@H](COC(=O)CCC/C=C\C/C=C\C/C=C\C/C=C\C=C\[C@@H](O)CC)COP(=O)(O)O[C@H]1C(O)C(O)C(O)[C@@H](OP(=O)(O)O)C1O. The molecule has 1 fully saturated rings. The van der Waals surface area contributed by atoms with Crippen LogP contribution in [0.4, 0.5) is 0 Å². The van der Waals surface area contributed by atoms with Gasteiger partial charge in [0.15, 0.2) is 6.10 Å². The molecule has 70 heavy (non-hydrogen) atoms. The van der Waals surface area contributed by atoms with E-state index in [2.05, 4.69) is 72.2 Å². The molecule has 0 bridgehead atoms. The second kappa shape index (κ2) is 40.1. The first-order valence-electron chi connectivity index (χ1n) is 24.5. The van der Waals surface area contributed by atoms with E-state index in [0.717, 1.165) is 51.4 Å². The number of allylic oxidation sites excluding steroid dienone is 17. The molecule has 0 radical (unpaired) electrons. The number of phosphoric ester groups is 2. The summed E-state index contributed by atoms with van der Waals surface area (Å²) >= 11 is 0. The lowest BCUT2D eigenvalue weighted by atomic mass is 9.85. The quantitative estimate of drug-likeness (QED) is 0.00940. The van der Waals surface area contributed by atoms with Crippen molar-refractivity contribution in [3.63, 3.8) is 0 Å². The number of esters is 2. The summed E-state index contributed by atoms with van der Waals surface area (Å²) in [6, 6.07) is 0. The summed E-state index contributed by atoms with van der Waals surface area (Å²) in [4.78, 5) is 54.3. The molecule has 0 amide bonds. The maximum absolute atomic E-state index is 13.0. The lowest BCUT2D eigenvalue weighted by Gasteiger charge is -2.43. The van der Waals surface area contributed by atoms with Gasteiger partial charge in [0.05, 0.1) is 12.7 Å². The molecule has 398 valence electrons. The molecule has 17 nitrogen and oxygen atoms in total. The van der Waals surface area contributed by atoms with Crippen molar-refractivity contribution in [3.05, 3.63) is 109 Å². The monoisotopic (exact) mass is 1030 g/mol. The van der Waals surface area contributed by atoms with Crippen molar-refractivity contribution in [2.45, 2.75) is 185 Å². The van der Waals surface area contributed by atoms with Crippen LogP contribution in [0.5, 0.6) is 0 Å². The van der Waals surface area contributed by atoms with Gasteiger partial charge >= 0.3 is 27.6 Å². The topological polar surface area (TPSA) is 276 Å². The third-order valence-electron chi connectivity index (χ3n) is 10.5. The summed E-state index contributed by atoms with van der Waals surface area (Å²) in [5.41, 5.74) is 0. The maximum Gasteiger partial charge on any atom is 0.472 e. The number of carbonyl (C=O) groups excluding carboxylic acids is 2. The van der Waals surface area contributed by atoms with Gasteiger partial charge in [-0.3, -0.25) is 23.2 Å². The lowest BCUT2D eigenvalue weighted by molar-refractivity contribution is -0.216. The third kappa shape index (κ3) is 34.1. The second-order valence-electron chi connectivity index (χ2n) is 16.6. The van der Waals surface area contributed by atoms with E-state index in [0.29, 0.717) is 38.5 Å². The van der Waals surface area contributed by atoms with Gasteiger partial charge in [-0.05, 0) is 89.9 Å². The van der Waals surface area contributed by atoms with Crippen LogP contribution in [-0.2, 0) is 41.8 Å². The predicted molar refractivity (Wildman–Crippen MR) is 270 cm³/mol. The number of aliphatic hydroxyl groups is 5. The fraction of sp³-hybridized carbons (Fsp3) is 0.608. The van der Waals surface area contributed by atoms with E-state index in [-0.39, 0.29) is 12.8 Å². The molecule has 1 aliphatic rings. The molecule has 1 rings (SSSR count). The molecule has 0 heterocycles. The average molecular weight is 1030 g/mol. The Labute approximate surface area is 415 Å². The van der Waals surface area contributed by atoms with Crippen molar-refractivity contribution >= 4 is 27.6 Å². The Morgan fingerprint density at radius 3 is 1.51 bits per heavy atom. The van der Waals surface area contributed by atoms with Crippen molar-refractivity contribution in [2.24, 2.45) is 0 Å². The van der Waals surface area contributed by atoms with Gasteiger partial charge < -0.3 is 49.7 Å². The first-order chi connectivity index (χ1) is 33.5. The van der Waals surface area contributed by atoms with E-state index in [1.165, 1.54) is 19.3 Å². The van der Waals surface area contributed by atoms with Gasteiger partial charge in [-0.15, -0.1) is 0 Å². The van der Waals surface area contributed by atoms with Crippen LogP contribution in [-0.4, -0.2) is 114 Å². The Morgan fingerprint density at radius 2 is 1.00 bits per heavy atom. The summed E-state index contributed by atoms with van der Waals surface area (Å²) in [5, 5.41) is 50.8. The van der Waals surface area contributed by atoms with Crippen LogP contribution in [0.2, 0.25) is 0 Å². The Kier molecular flexibility index (Phi) is 37.1. The van der Waals surface area contributed by atoms with Crippen LogP contribution in [0, 0.1) is 0 Å². The molecule has 9 atom stereocenters. The first kappa shape index (κ1) is 64.6. The van der Waals surface area contributed by atoms with Crippen LogP contribution in [0.3, 0.4) is 0 Å². The summed E-state index contributed by atoms with van der Waals surface area (Å²) < 4.78 is 49.3. The predicted octanol–water partition coefficient (Wildman–Crippen LogP) is 8.70. The molecule has 1 aliphatic carbocycles. The fourth-order valence-corrected chi connectivity index (χ4v) is 8.06. The van der Waals surface area contributed by atoms with Crippen molar-refractivity contribution in [2.75, 3.05) is 13.2 Å². The van der Waals surface area contributed by atoms with E-state index < -0.39 is 89.6 Å². The fourth-order valence-electron chi connectivity index (χ4n) is 6.52. The summed E-state index contributed by atoms with van der Waals surface area (Å²) in [5.74, 6) is -1.34. The molecule has 0 aromatic heterocycles. The number of unbranched alkanes of at least 4 members (excludes halogenated alkanes) is 7. The van der Waals surface area contributed by atoms with Gasteiger partial charge in [0.1, 0.15) is 43.2 Å². The zero-order valence-corrected chi connectivity index (χ0v) is 42.8. The minimum Gasteiger partial charge on any atom is -0.462 e. The van der Waals surface area contributed by atoms with Crippen LogP contribution in [0.15, 0.2) is 109 Å². The van der Waals surface area contributed by atoms with E-state index >= 15 is 0 Å². The number of rotatable bonds is 39. The van der Waals surface area contributed by atoms with Gasteiger partial charge in [0.2, 0.25) is 0 Å². The lowest BCUT2D eigenvalue weighted by Crippen LogP contribution is -2.64. The van der Waals surface area contributed by atoms with E-state index in [4.69, 9.17) is 18.5 Å². The van der Waals surface area contributed by atoms with Crippen LogP contribution >= 0.6 is 15.6 Å². The van der Waals surface area contributed by atoms with Crippen LogP contribution in [0.25, 0.3) is 0 Å². The summed E-state index contributed by atoms with van der Waals surface area (Å²) in [7, 11) is -10.7. The molecule has 0 aliphatic heterocycles. The third-order valence-corrected chi connectivity index (χ3v) is 12.0. The van der Waals surface area contributed by atoms with Crippen molar-refractivity contribution in [1.82, 2.24) is 0 Å². The molecule has 1 saturated carbocycles. The van der Waals surface area contributed by atoms with Crippen molar-refractivity contribution in [1.29, 1.82) is 0 Å². The highest BCUT2D eigenvalue weighted by Gasteiger charge is 2.54. The van der Waals surface area contributed by atoms with Gasteiger partial charge in [-0.1, -0.05) is 142 Å². The number of ether oxygens (including phenoxy) is 2. The van der Waals surface area contributed by atoms with Gasteiger partial charge in [-0.25, -0.2) is 9.13 Å². The smallest absolute Gasteiger partial charge is 0.462 e. The summed E-state index contributed by atoms with van der Waals surface area (Å²) in [6.07, 6.45) is 35.6. The summed E-state index contributed by atoms with van der Waals surface area (Å²) in [6.45, 7) is 2.67. The highest BCUT2D eigenvalue weighted by Crippen LogP contribution is 2.49. The zero-order valence-electron chi connectivity index (χ0n) is 41.0. The number of carbonyl (C=O) groups is 2. The highest BCUT2D eigenvalue weighted by atomic mass is 31.2. The number of aliphatic hydroxyl groups excluding tert-OH is 5. The number of phosphoric acid groups is 2. The van der Waals surface area contributed by atoms with Gasteiger partial charge in [0, 0.05) is 12.8 Å². The minimum absolute atomic E-state index is 0.0143. The average Bonchev–Trinajstić information content (AvgIpc) is 3.32. The Bertz CT molecular complexity index is 1780. The second-order valence-corrected chi connectivity index (χ2v) is 19.2. The largest absolute Gasteiger partial charge is 0.472 e. The number of hydrogen-bond donors (Lipinski definition) is 8. The zero-order chi connectivity index (χ0) is 51.9. The molecular weight excluding hydrogens is 946 g/mol. The normalized spacial score (nSPS) is 22.4. The molecular formula is C51H82O17P2. The molecule has 0 spiro atoms. The molecule has 8 N–H and O–H groups in total. The van der Waals surface area contributed by atoms with Crippen molar-refractivity contribution < 1.29 is 82.0 Å². The van der Waals surface area contributed by atoms with E-state index in [1.807, 2.05) is 49.5 Å². The Balaban J connectivity index is 2.65.